The molecule has 1 amide bonds. The molecular formula is C14H21FN2O. The lowest BCUT2D eigenvalue weighted by molar-refractivity contribution is -0.132. The Hall–Kier alpha value is -1.42. The second-order valence-corrected chi connectivity index (χ2v) is 4.75. The third-order valence-corrected chi connectivity index (χ3v) is 3.26. The summed E-state index contributed by atoms with van der Waals surface area (Å²) in [6.07, 6.45) is 0.395. The normalized spacial score (nSPS) is 14.1. The molecule has 0 spiro atoms. The monoisotopic (exact) mass is 252 g/mol. The van der Waals surface area contributed by atoms with Gasteiger partial charge >= 0.3 is 0 Å². The standard InChI is InChI=1S/C14H21FN2O/c1-10(9-16)8-14(18)17(3)11(2)12-6-4-5-7-13(12)15/h4-7,10-11H,8-9,16H2,1-3H3. The third kappa shape index (κ3) is 3.53. The lowest BCUT2D eigenvalue weighted by Crippen LogP contribution is -2.32. The van der Waals surface area contributed by atoms with Gasteiger partial charge in [0, 0.05) is 19.0 Å². The van der Waals surface area contributed by atoms with Gasteiger partial charge in [0.1, 0.15) is 5.82 Å². The second-order valence-electron chi connectivity index (χ2n) is 4.75. The molecule has 0 radical (unpaired) electrons. The SMILES string of the molecule is CC(CN)CC(=O)N(C)C(C)c1ccccc1F. The number of carbonyl (C=O) groups excluding carboxylic acids is 1. The number of carbonyl (C=O) groups is 1. The van der Waals surface area contributed by atoms with Crippen LogP contribution in [0.2, 0.25) is 0 Å². The number of hydrogen-bond donors (Lipinski definition) is 1. The molecule has 0 aromatic heterocycles. The van der Waals surface area contributed by atoms with Crippen LogP contribution in [0.4, 0.5) is 4.39 Å². The largest absolute Gasteiger partial charge is 0.339 e. The summed E-state index contributed by atoms with van der Waals surface area (Å²) in [6, 6.07) is 6.26. The molecule has 0 saturated heterocycles. The van der Waals surface area contributed by atoms with Gasteiger partial charge in [0.15, 0.2) is 0 Å². The van der Waals surface area contributed by atoms with Crippen LogP contribution in [0.5, 0.6) is 0 Å². The number of nitrogens with two attached hydrogens (primary N) is 1. The average molecular weight is 252 g/mol. The lowest BCUT2D eigenvalue weighted by atomic mass is 10.0. The summed E-state index contributed by atoms with van der Waals surface area (Å²) in [5, 5.41) is 0. The zero-order valence-corrected chi connectivity index (χ0v) is 11.2. The molecule has 2 N–H and O–H groups in total. The average Bonchev–Trinajstić information content (AvgIpc) is 2.37. The molecule has 1 aromatic carbocycles. The lowest BCUT2D eigenvalue weighted by Gasteiger charge is -2.26. The Morgan fingerprint density at radius 3 is 2.56 bits per heavy atom. The van der Waals surface area contributed by atoms with Gasteiger partial charge in [-0.1, -0.05) is 25.1 Å². The predicted octanol–water partition coefficient (Wildman–Crippen LogP) is 2.33. The highest BCUT2D eigenvalue weighted by atomic mass is 19.1. The minimum atomic E-state index is -0.281. The molecule has 4 heteroatoms. The van der Waals surface area contributed by atoms with E-state index in [0.29, 0.717) is 18.5 Å². The molecule has 0 bridgehead atoms. The summed E-state index contributed by atoms with van der Waals surface area (Å²) < 4.78 is 13.6. The fourth-order valence-corrected chi connectivity index (χ4v) is 1.76. The molecule has 1 aromatic rings. The highest BCUT2D eigenvalue weighted by molar-refractivity contribution is 5.76. The topological polar surface area (TPSA) is 46.3 Å². The van der Waals surface area contributed by atoms with Crippen LogP contribution in [0.3, 0.4) is 0 Å². The van der Waals surface area contributed by atoms with Crippen LogP contribution in [-0.4, -0.2) is 24.4 Å². The maximum Gasteiger partial charge on any atom is 0.223 e. The van der Waals surface area contributed by atoms with Gasteiger partial charge in [-0.2, -0.15) is 0 Å². The minimum absolute atomic E-state index is 0.0105. The van der Waals surface area contributed by atoms with Crippen LogP contribution in [0.1, 0.15) is 31.9 Å². The quantitative estimate of drug-likeness (QED) is 0.874. The van der Waals surface area contributed by atoms with Crippen molar-refractivity contribution in [3.8, 4) is 0 Å². The van der Waals surface area contributed by atoms with E-state index >= 15 is 0 Å². The van der Waals surface area contributed by atoms with Crippen molar-refractivity contribution in [2.75, 3.05) is 13.6 Å². The first-order valence-corrected chi connectivity index (χ1v) is 6.17. The van der Waals surface area contributed by atoms with E-state index in [0.717, 1.165) is 0 Å². The smallest absolute Gasteiger partial charge is 0.223 e. The van der Waals surface area contributed by atoms with Crippen LogP contribution < -0.4 is 5.73 Å². The van der Waals surface area contributed by atoms with E-state index in [4.69, 9.17) is 5.73 Å². The van der Waals surface area contributed by atoms with Crippen molar-refractivity contribution < 1.29 is 9.18 Å². The number of benzene rings is 1. The Kier molecular flexibility index (Phi) is 5.28. The molecule has 0 fully saturated rings. The Morgan fingerprint density at radius 1 is 1.39 bits per heavy atom. The van der Waals surface area contributed by atoms with Crippen molar-refractivity contribution >= 4 is 5.91 Å². The van der Waals surface area contributed by atoms with E-state index in [2.05, 4.69) is 0 Å². The molecule has 0 saturated carbocycles. The number of nitrogens with zero attached hydrogens (tertiary/aromatic N) is 1. The number of hydrogen-bond acceptors (Lipinski definition) is 2. The number of halogens is 1. The molecule has 0 heterocycles. The first kappa shape index (κ1) is 14.6. The highest BCUT2D eigenvalue weighted by Gasteiger charge is 2.20. The van der Waals surface area contributed by atoms with Gasteiger partial charge in [-0.3, -0.25) is 4.79 Å². The van der Waals surface area contributed by atoms with Crippen molar-refractivity contribution in [2.45, 2.75) is 26.3 Å². The summed E-state index contributed by atoms with van der Waals surface area (Å²) in [4.78, 5) is 13.6. The van der Waals surface area contributed by atoms with E-state index in [1.165, 1.54) is 6.07 Å². The molecule has 1 rings (SSSR count). The van der Waals surface area contributed by atoms with Gasteiger partial charge in [-0.15, -0.1) is 0 Å². The Labute approximate surface area is 108 Å². The molecule has 0 aliphatic carbocycles. The molecule has 0 aliphatic rings. The number of amides is 1. The van der Waals surface area contributed by atoms with Crippen molar-refractivity contribution in [1.29, 1.82) is 0 Å². The highest BCUT2D eigenvalue weighted by Crippen LogP contribution is 2.22. The summed E-state index contributed by atoms with van der Waals surface area (Å²) in [5.74, 6) is -0.145. The van der Waals surface area contributed by atoms with E-state index in [1.54, 1.807) is 30.1 Å². The second kappa shape index (κ2) is 6.50. The maximum absolute atomic E-state index is 13.6. The summed E-state index contributed by atoms with van der Waals surface area (Å²) in [7, 11) is 1.70. The van der Waals surface area contributed by atoms with E-state index < -0.39 is 0 Å². The molecule has 3 nitrogen and oxygen atoms in total. The molecule has 0 aliphatic heterocycles. The Bertz CT molecular complexity index is 409. The summed E-state index contributed by atoms with van der Waals surface area (Å²) in [5.41, 5.74) is 6.04. The van der Waals surface area contributed by atoms with Crippen molar-refractivity contribution in [1.82, 2.24) is 4.90 Å². The van der Waals surface area contributed by atoms with Crippen LogP contribution in [0, 0.1) is 11.7 Å². The zero-order chi connectivity index (χ0) is 13.7. The Balaban J connectivity index is 2.75. The van der Waals surface area contributed by atoms with Gasteiger partial charge in [-0.05, 0) is 25.5 Å². The molecular weight excluding hydrogens is 231 g/mol. The van der Waals surface area contributed by atoms with E-state index in [9.17, 15) is 9.18 Å². The fourth-order valence-electron chi connectivity index (χ4n) is 1.76. The zero-order valence-electron chi connectivity index (χ0n) is 11.2. The molecule has 2 atom stereocenters. The van der Waals surface area contributed by atoms with Gasteiger partial charge in [-0.25, -0.2) is 4.39 Å². The maximum atomic E-state index is 13.6. The molecule has 100 valence electrons. The summed E-state index contributed by atoms with van der Waals surface area (Å²) >= 11 is 0. The van der Waals surface area contributed by atoms with Crippen LogP contribution >= 0.6 is 0 Å². The fraction of sp³-hybridized carbons (Fsp3) is 0.500. The van der Waals surface area contributed by atoms with E-state index in [1.807, 2.05) is 13.8 Å². The van der Waals surface area contributed by atoms with E-state index in [-0.39, 0.29) is 23.7 Å². The number of rotatable bonds is 5. The van der Waals surface area contributed by atoms with Gasteiger partial charge in [0.2, 0.25) is 5.91 Å². The van der Waals surface area contributed by atoms with Gasteiger partial charge in [0.25, 0.3) is 0 Å². The van der Waals surface area contributed by atoms with Crippen LogP contribution in [-0.2, 0) is 4.79 Å². The first-order chi connectivity index (χ1) is 8.47. The molecule has 18 heavy (non-hydrogen) atoms. The summed E-state index contributed by atoms with van der Waals surface area (Å²) in [6.45, 7) is 4.23. The third-order valence-electron chi connectivity index (χ3n) is 3.26. The molecule has 2 unspecified atom stereocenters. The predicted molar refractivity (Wildman–Crippen MR) is 70.4 cm³/mol. The Morgan fingerprint density at radius 2 is 2.00 bits per heavy atom. The first-order valence-electron chi connectivity index (χ1n) is 6.17. The van der Waals surface area contributed by atoms with Gasteiger partial charge < -0.3 is 10.6 Å². The minimum Gasteiger partial charge on any atom is -0.339 e. The van der Waals surface area contributed by atoms with Crippen LogP contribution in [0.25, 0.3) is 0 Å². The van der Waals surface area contributed by atoms with Crippen molar-refractivity contribution in [3.63, 3.8) is 0 Å². The van der Waals surface area contributed by atoms with Gasteiger partial charge in [0.05, 0.1) is 6.04 Å². The van der Waals surface area contributed by atoms with Crippen molar-refractivity contribution in [2.24, 2.45) is 11.7 Å². The van der Waals surface area contributed by atoms with Crippen molar-refractivity contribution in [3.05, 3.63) is 35.6 Å². The van der Waals surface area contributed by atoms with Crippen LogP contribution in [0.15, 0.2) is 24.3 Å².